The van der Waals surface area contributed by atoms with Crippen LogP contribution in [0.25, 0.3) is 10.9 Å². The molecule has 24 heavy (non-hydrogen) atoms. The molecule has 1 amide bonds. The average Bonchev–Trinajstić information content (AvgIpc) is 3.21. The van der Waals surface area contributed by atoms with Crippen LogP contribution in [0, 0.1) is 0 Å². The molecular formula is C19H24N4O. The molecule has 126 valence electrons. The molecule has 0 aliphatic rings. The highest BCUT2D eigenvalue weighted by atomic mass is 16.2. The fraction of sp³-hybridized carbons (Fsp3) is 0.368. The van der Waals surface area contributed by atoms with E-state index in [1.807, 2.05) is 36.0 Å². The number of carbonyl (C=O) groups is 1. The Morgan fingerprint density at radius 2 is 2.08 bits per heavy atom. The summed E-state index contributed by atoms with van der Waals surface area (Å²) in [6, 6.07) is 7.96. The molecule has 0 radical (unpaired) electrons. The van der Waals surface area contributed by atoms with Gasteiger partial charge in [-0.05, 0) is 25.0 Å². The van der Waals surface area contributed by atoms with Crippen LogP contribution in [0.2, 0.25) is 0 Å². The number of hydrogen-bond donors (Lipinski definition) is 2. The second-order valence-corrected chi connectivity index (χ2v) is 6.42. The first kappa shape index (κ1) is 16.3. The van der Waals surface area contributed by atoms with Gasteiger partial charge in [-0.3, -0.25) is 4.79 Å². The van der Waals surface area contributed by atoms with Gasteiger partial charge in [0, 0.05) is 42.0 Å². The van der Waals surface area contributed by atoms with Gasteiger partial charge in [-0.1, -0.05) is 32.0 Å². The average molecular weight is 324 g/mol. The molecule has 0 saturated heterocycles. The number of imidazole rings is 1. The van der Waals surface area contributed by atoms with Crippen molar-refractivity contribution < 1.29 is 4.79 Å². The summed E-state index contributed by atoms with van der Waals surface area (Å²) >= 11 is 0. The fourth-order valence-corrected chi connectivity index (χ4v) is 3.03. The standard InChI is InChI=1S/C19H24N4O/c1-13(2)18-20-10-11-23(18)14(3)19(24)21-9-8-15-12-22-17-7-5-4-6-16(15)17/h4-7,10-14,22H,8-9H2,1-3H3,(H,21,24)/t14-/m1/s1. The van der Waals surface area contributed by atoms with Crippen molar-refractivity contribution in [2.75, 3.05) is 6.54 Å². The summed E-state index contributed by atoms with van der Waals surface area (Å²) in [6.45, 7) is 6.70. The Labute approximate surface area is 142 Å². The van der Waals surface area contributed by atoms with Crippen LogP contribution in [0.3, 0.4) is 0 Å². The highest BCUT2D eigenvalue weighted by Crippen LogP contribution is 2.19. The zero-order valence-corrected chi connectivity index (χ0v) is 14.4. The van der Waals surface area contributed by atoms with Crippen LogP contribution in [0.4, 0.5) is 0 Å². The predicted octanol–water partition coefficient (Wildman–Crippen LogP) is 3.41. The molecule has 3 rings (SSSR count). The predicted molar refractivity (Wildman–Crippen MR) is 96.0 cm³/mol. The molecule has 1 aromatic carbocycles. The second-order valence-electron chi connectivity index (χ2n) is 6.42. The summed E-state index contributed by atoms with van der Waals surface area (Å²) in [5.74, 6) is 1.26. The van der Waals surface area contributed by atoms with Gasteiger partial charge < -0.3 is 14.9 Å². The fourth-order valence-electron chi connectivity index (χ4n) is 3.03. The lowest BCUT2D eigenvalue weighted by atomic mass is 10.1. The number of nitrogens with zero attached hydrogens (tertiary/aromatic N) is 2. The summed E-state index contributed by atoms with van der Waals surface area (Å²) in [6.07, 6.45) is 6.46. The minimum absolute atomic E-state index is 0.0229. The molecule has 3 aromatic rings. The Morgan fingerprint density at radius 3 is 2.88 bits per heavy atom. The number of para-hydroxylation sites is 1. The molecule has 0 unspecified atom stereocenters. The lowest BCUT2D eigenvalue weighted by molar-refractivity contribution is -0.123. The quantitative estimate of drug-likeness (QED) is 0.730. The summed E-state index contributed by atoms with van der Waals surface area (Å²) < 4.78 is 1.95. The number of fused-ring (bicyclic) bond motifs is 1. The maximum absolute atomic E-state index is 12.4. The number of hydrogen-bond acceptors (Lipinski definition) is 2. The highest BCUT2D eigenvalue weighted by Gasteiger charge is 2.18. The van der Waals surface area contributed by atoms with Gasteiger partial charge in [0.05, 0.1) is 0 Å². The maximum atomic E-state index is 12.4. The molecule has 0 bridgehead atoms. The summed E-state index contributed by atoms with van der Waals surface area (Å²) in [5.41, 5.74) is 2.36. The zero-order chi connectivity index (χ0) is 17.1. The van der Waals surface area contributed by atoms with E-state index in [-0.39, 0.29) is 11.9 Å². The Balaban J connectivity index is 1.60. The van der Waals surface area contributed by atoms with Gasteiger partial charge in [0.15, 0.2) is 0 Å². The number of rotatable bonds is 6. The second kappa shape index (κ2) is 6.91. The Hall–Kier alpha value is -2.56. The van der Waals surface area contributed by atoms with Gasteiger partial charge in [-0.15, -0.1) is 0 Å². The molecule has 0 spiro atoms. The molecule has 2 N–H and O–H groups in total. The van der Waals surface area contributed by atoms with Gasteiger partial charge in [0.2, 0.25) is 5.91 Å². The molecule has 2 heterocycles. The van der Waals surface area contributed by atoms with Gasteiger partial charge >= 0.3 is 0 Å². The minimum atomic E-state index is -0.257. The molecule has 0 aliphatic carbocycles. The van der Waals surface area contributed by atoms with E-state index in [4.69, 9.17) is 0 Å². The zero-order valence-electron chi connectivity index (χ0n) is 14.4. The molecule has 0 fully saturated rings. The number of carbonyl (C=O) groups excluding carboxylic acids is 1. The van der Waals surface area contributed by atoms with E-state index in [1.54, 1.807) is 6.20 Å². The lowest BCUT2D eigenvalue weighted by Crippen LogP contribution is -2.33. The Morgan fingerprint density at radius 1 is 1.29 bits per heavy atom. The molecular weight excluding hydrogens is 300 g/mol. The van der Waals surface area contributed by atoms with Gasteiger partial charge in [-0.2, -0.15) is 0 Å². The highest BCUT2D eigenvalue weighted by molar-refractivity contribution is 5.83. The van der Waals surface area contributed by atoms with E-state index in [2.05, 4.69) is 41.3 Å². The lowest BCUT2D eigenvalue weighted by Gasteiger charge is -2.17. The number of H-pyrrole nitrogens is 1. The van der Waals surface area contributed by atoms with Crippen LogP contribution in [-0.2, 0) is 11.2 Å². The van der Waals surface area contributed by atoms with Crippen LogP contribution in [0.15, 0.2) is 42.9 Å². The van der Waals surface area contributed by atoms with E-state index in [1.165, 1.54) is 10.9 Å². The first-order valence-electron chi connectivity index (χ1n) is 8.43. The number of nitrogens with one attached hydrogen (secondary N) is 2. The third kappa shape index (κ3) is 3.20. The van der Waals surface area contributed by atoms with Crippen molar-refractivity contribution in [1.29, 1.82) is 0 Å². The maximum Gasteiger partial charge on any atom is 0.242 e. The van der Waals surface area contributed by atoms with Crippen LogP contribution >= 0.6 is 0 Å². The minimum Gasteiger partial charge on any atom is -0.361 e. The number of aromatic nitrogens is 3. The summed E-state index contributed by atoms with van der Waals surface area (Å²) in [7, 11) is 0. The Bertz CT molecular complexity index is 831. The van der Waals surface area contributed by atoms with E-state index in [0.717, 1.165) is 17.8 Å². The molecule has 1 atom stereocenters. The molecule has 0 aliphatic heterocycles. The van der Waals surface area contributed by atoms with E-state index in [9.17, 15) is 4.79 Å². The largest absolute Gasteiger partial charge is 0.361 e. The molecule has 2 aromatic heterocycles. The third-order valence-electron chi connectivity index (χ3n) is 4.38. The van der Waals surface area contributed by atoms with Crippen LogP contribution in [0.1, 0.15) is 44.1 Å². The first-order valence-corrected chi connectivity index (χ1v) is 8.43. The smallest absolute Gasteiger partial charge is 0.242 e. The van der Waals surface area contributed by atoms with Crippen LogP contribution < -0.4 is 5.32 Å². The number of aromatic amines is 1. The van der Waals surface area contributed by atoms with Crippen molar-refractivity contribution in [2.45, 2.75) is 39.2 Å². The summed E-state index contributed by atoms with van der Waals surface area (Å²) in [4.78, 5) is 20.1. The van der Waals surface area contributed by atoms with E-state index >= 15 is 0 Å². The summed E-state index contributed by atoms with van der Waals surface area (Å²) in [5, 5.41) is 4.26. The van der Waals surface area contributed by atoms with Crippen molar-refractivity contribution >= 4 is 16.8 Å². The van der Waals surface area contributed by atoms with Gasteiger partial charge in [0.1, 0.15) is 11.9 Å². The van der Waals surface area contributed by atoms with Crippen molar-refractivity contribution in [2.24, 2.45) is 0 Å². The number of amides is 1. The normalized spacial score (nSPS) is 12.7. The van der Waals surface area contributed by atoms with Crippen molar-refractivity contribution in [3.05, 3.63) is 54.2 Å². The Kier molecular flexibility index (Phi) is 4.69. The van der Waals surface area contributed by atoms with Crippen molar-refractivity contribution in [3.8, 4) is 0 Å². The number of benzene rings is 1. The van der Waals surface area contributed by atoms with E-state index < -0.39 is 0 Å². The third-order valence-corrected chi connectivity index (χ3v) is 4.38. The van der Waals surface area contributed by atoms with Crippen LogP contribution in [0.5, 0.6) is 0 Å². The van der Waals surface area contributed by atoms with E-state index in [0.29, 0.717) is 12.5 Å². The molecule has 0 saturated carbocycles. The van der Waals surface area contributed by atoms with Gasteiger partial charge in [0.25, 0.3) is 0 Å². The first-order chi connectivity index (χ1) is 11.6. The monoisotopic (exact) mass is 324 g/mol. The molecule has 5 heteroatoms. The van der Waals surface area contributed by atoms with Crippen LogP contribution in [-0.4, -0.2) is 27.0 Å². The topological polar surface area (TPSA) is 62.7 Å². The van der Waals surface area contributed by atoms with Crippen molar-refractivity contribution in [3.63, 3.8) is 0 Å². The molecule has 5 nitrogen and oxygen atoms in total. The van der Waals surface area contributed by atoms with Crippen molar-refractivity contribution in [1.82, 2.24) is 19.9 Å². The van der Waals surface area contributed by atoms with Gasteiger partial charge in [-0.25, -0.2) is 4.98 Å². The SMILES string of the molecule is CC(C)c1nccn1[C@H](C)C(=O)NCCc1c[nH]c2ccccc12.